The molecule has 0 spiro atoms. The quantitative estimate of drug-likeness (QED) is 0.735. The van der Waals surface area contributed by atoms with Crippen molar-refractivity contribution >= 4 is 11.3 Å². The number of hydrogen-bond donors (Lipinski definition) is 1. The van der Waals surface area contributed by atoms with Gasteiger partial charge in [-0.05, 0) is 32.9 Å². The van der Waals surface area contributed by atoms with Crippen LogP contribution in [0.5, 0.6) is 0 Å². The molecule has 18 heavy (non-hydrogen) atoms. The summed E-state index contributed by atoms with van der Waals surface area (Å²) in [6.07, 6.45) is 1.17. The molecule has 3 nitrogen and oxygen atoms in total. The molecule has 0 aromatic carbocycles. The van der Waals surface area contributed by atoms with Crippen LogP contribution in [0.2, 0.25) is 0 Å². The molecule has 0 saturated heterocycles. The number of nitrogens with zero attached hydrogens (tertiary/aromatic N) is 2. The van der Waals surface area contributed by atoms with Gasteiger partial charge in [-0.2, -0.15) is 0 Å². The molecule has 0 amide bonds. The van der Waals surface area contributed by atoms with Crippen LogP contribution in [0.1, 0.15) is 44.8 Å². The lowest BCUT2D eigenvalue weighted by Gasteiger charge is -2.26. The fourth-order valence-electron chi connectivity index (χ4n) is 1.78. The second-order valence-electron chi connectivity index (χ2n) is 5.31. The van der Waals surface area contributed by atoms with Crippen molar-refractivity contribution in [3.05, 3.63) is 16.1 Å². The highest BCUT2D eigenvalue weighted by Crippen LogP contribution is 2.15. The number of hydrogen-bond acceptors (Lipinski definition) is 4. The topological polar surface area (TPSA) is 28.2 Å². The van der Waals surface area contributed by atoms with Crippen LogP contribution in [-0.2, 0) is 13.1 Å². The molecule has 0 aliphatic heterocycles. The molecule has 4 heteroatoms. The van der Waals surface area contributed by atoms with Crippen molar-refractivity contribution in [2.75, 3.05) is 13.6 Å². The Morgan fingerprint density at radius 3 is 2.72 bits per heavy atom. The Bertz CT molecular complexity index is 336. The van der Waals surface area contributed by atoms with E-state index < -0.39 is 0 Å². The van der Waals surface area contributed by atoms with Gasteiger partial charge in [0, 0.05) is 24.5 Å². The maximum Gasteiger partial charge on any atom is 0.107 e. The summed E-state index contributed by atoms with van der Waals surface area (Å²) in [5.74, 6) is 0.680. The van der Waals surface area contributed by atoms with E-state index in [1.165, 1.54) is 17.1 Å². The van der Waals surface area contributed by atoms with Crippen molar-refractivity contribution in [2.24, 2.45) is 5.92 Å². The summed E-state index contributed by atoms with van der Waals surface area (Å²) in [6.45, 7) is 11.9. The van der Waals surface area contributed by atoms with Crippen LogP contribution in [0.3, 0.4) is 0 Å². The molecule has 0 bridgehead atoms. The minimum absolute atomic E-state index is 0.591. The number of aromatic nitrogens is 1. The van der Waals surface area contributed by atoms with E-state index in [2.05, 4.69) is 55.3 Å². The van der Waals surface area contributed by atoms with Crippen molar-refractivity contribution in [3.8, 4) is 0 Å². The second-order valence-corrected chi connectivity index (χ2v) is 6.25. The monoisotopic (exact) mass is 269 g/mol. The van der Waals surface area contributed by atoms with E-state index >= 15 is 0 Å². The van der Waals surface area contributed by atoms with Gasteiger partial charge in [0.05, 0.1) is 5.69 Å². The van der Waals surface area contributed by atoms with Gasteiger partial charge in [0.25, 0.3) is 0 Å². The summed E-state index contributed by atoms with van der Waals surface area (Å²) in [5.41, 5.74) is 1.20. The highest BCUT2D eigenvalue weighted by atomic mass is 32.1. The Hall–Kier alpha value is -0.450. The van der Waals surface area contributed by atoms with E-state index in [1.54, 1.807) is 11.3 Å². The fourth-order valence-corrected chi connectivity index (χ4v) is 2.54. The maximum atomic E-state index is 4.68. The highest BCUT2D eigenvalue weighted by molar-refractivity contribution is 7.09. The molecule has 1 heterocycles. The number of nitrogens with one attached hydrogen (secondary N) is 1. The summed E-state index contributed by atoms with van der Waals surface area (Å²) in [5, 5.41) is 6.78. The van der Waals surface area contributed by atoms with Crippen LogP contribution < -0.4 is 5.32 Å². The molecular formula is C14H27N3S. The zero-order valence-electron chi connectivity index (χ0n) is 12.4. The Kier molecular flexibility index (Phi) is 6.82. The van der Waals surface area contributed by atoms with Gasteiger partial charge in [-0.15, -0.1) is 11.3 Å². The first kappa shape index (κ1) is 15.6. The molecule has 1 unspecified atom stereocenters. The normalized spacial score (nSPS) is 13.5. The third-order valence-electron chi connectivity index (χ3n) is 3.37. The molecule has 1 N–H and O–H groups in total. The van der Waals surface area contributed by atoms with E-state index in [4.69, 9.17) is 0 Å². The van der Waals surface area contributed by atoms with Gasteiger partial charge in [0.1, 0.15) is 5.01 Å². The second kappa shape index (κ2) is 7.87. The predicted octanol–water partition coefficient (Wildman–Crippen LogP) is 3.12. The Balaban J connectivity index is 2.43. The van der Waals surface area contributed by atoms with Crippen LogP contribution in [-0.4, -0.2) is 29.5 Å². The summed E-state index contributed by atoms with van der Waals surface area (Å²) in [7, 11) is 2.18. The first-order chi connectivity index (χ1) is 8.54. The molecule has 1 aromatic heterocycles. The van der Waals surface area contributed by atoms with Gasteiger partial charge >= 0.3 is 0 Å². The largest absolute Gasteiger partial charge is 0.310 e. The third kappa shape index (κ3) is 5.04. The maximum absolute atomic E-state index is 4.68. The predicted molar refractivity (Wildman–Crippen MR) is 79.9 cm³/mol. The van der Waals surface area contributed by atoms with Gasteiger partial charge in [-0.25, -0.2) is 4.98 Å². The van der Waals surface area contributed by atoms with Gasteiger partial charge in [0.2, 0.25) is 0 Å². The molecule has 0 fully saturated rings. The smallest absolute Gasteiger partial charge is 0.107 e. The summed E-state index contributed by atoms with van der Waals surface area (Å²) < 4.78 is 0. The van der Waals surface area contributed by atoms with Gasteiger partial charge < -0.3 is 5.32 Å². The molecule has 0 aliphatic carbocycles. The minimum Gasteiger partial charge on any atom is -0.310 e. The molecule has 1 rings (SSSR count). The summed E-state index contributed by atoms with van der Waals surface area (Å²) in [4.78, 5) is 7.06. The molecule has 0 saturated carbocycles. The van der Waals surface area contributed by atoms with Gasteiger partial charge in [0.15, 0.2) is 0 Å². The average molecular weight is 269 g/mol. The van der Waals surface area contributed by atoms with E-state index in [9.17, 15) is 0 Å². The van der Waals surface area contributed by atoms with Crippen LogP contribution in [0.4, 0.5) is 0 Å². The zero-order chi connectivity index (χ0) is 13.5. The lowest BCUT2D eigenvalue weighted by atomic mass is 10.1. The summed E-state index contributed by atoms with van der Waals surface area (Å²) >= 11 is 1.76. The highest BCUT2D eigenvalue weighted by Gasteiger charge is 2.14. The van der Waals surface area contributed by atoms with Crippen LogP contribution in [0.25, 0.3) is 0 Å². The van der Waals surface area contributed by atoms with E-state index in [-0.39, 0.29) is 0 Å². The molecule has 0 aliphatic rings. The Morgan fingerprint density at radius 2 is 2.11 bits per heavy atom. The van der Waals surface area contributed by atoms with Crippen molar-refractivity contribution < 1.29 is 0 Å². The fraction of sp³-hybridized carbons (Fsp3) is 0.786. The lowest BCUT2D eigenvalue weighted by molar-refractivity contribution is 0.198. The van der Waals surface area contributed by atoms with Crippen molar-refractivity contribution in [3.63, 3.8) is 0 Å². The standard InChI is InChI=1S/C14H27N3S/c1-6-7-15-8-14-16-13(10-18-14)9-17(5)12(4)11(2)3/h10-12,15H,6-9H2,1-5H3. The molecule has 0 radical (unpaired) electrons. The van der Waals surface area contributed by atoms with Gasteiger partial charge in [-0.3, -0.25) is 4.90 Å². The van der Waals surface area contributed by atoms with E-state index in [1.807, 2.05) is 0 Å². The molecule has 1 atom stereocenters. The lowest BCUT2D eigenvalue weighted by Crippen LogP contribution is -2.32. The number of thiazole rings is 1. The van der Waals surface area contributed by atoms with Crippen molar-refractivity contribution in [1.29, 1.82) is 0 Å². The first-order valence-corrected chi connectivity index (χ1v) is 7.76. The van der Waals surface area contributed by atoms with Gasteiger partial charge in [-0.1, -0.05) is 20.8 Å². The zero-order valence-corrected chi connectivity index (χ0v) is 13.2. The van der Waals surface area contributed by atoms with Crippen LogP contribution >= 0.6 is 11.3 Å². The van der Waals surface area contributed by atoms with E-state index in [0.29, 0.717) is 12.0 Å². The van der Waals surface area contributed by atoms with Crippen LogP contribution in [0, 0.1) is 5.92 Å². The van der Waals surface area contributed by atoms with Crippen molar-refractivity contribution in [1.82, 2.24) is 15.2 Å². The molecular weight excluding hydrogens is 242 g/mol. The Morgan fingerprint density at radius 1 is 1.39 bits per heavy atom. The molecule has 1 aromatic rings. The summed E-state index contributed by atoms with van der Waals surface area (Å²) in [6, 6.07) is 0.591. The number of rotatable bonds is 8. The van der Waals surface area contributed by atoms with E-state index in [0.717, 1.165) is 19.6 Å². The first-order valence-electron chi connectivity index (χ1n) is 6.88. The third-order valence-corrected chi connectivity index (χ3v) is 4.27. The molecule has 104 valence electrons. The van der Waals surface area contributed by atoms with Crippen LogP contribution in [0.15, 0.2) is 5.38 Å². The Labute approximate surface area is 116 Å². The minimum atomic E-state index is 0.591. The average Bonchev–Trinajstić information content (AvgIpc) is 2.76. The van der Waals surface area contributed by atoms with Crippen molar-refractivity contribution in [2.45, 2.75) is 53.2 Å². The SMILES string of the molecule is CCCNCc1nc(CN(C)C(C)C(C)C)cs1.